The first-order valence-corrected chi connectivity index (χ1v) is 13.5. The van der Waals surface area contributed by atoms with Gasteiger partial charge in [0.15, 0.2) is 5.65 Å². The van der Waals surface area contributed by atoms with Crippen LogP contribution in [0.5, 0.6) is 0 Å². The minimum atomic E-state index is 0.892. The summed E-state index contributed by atoms with van der Waals surface area (Å²) in [7, 11) is 0. The second kappa shape index (κ2) is 7.75. The molecule has 3 heteroatoms. The van der Waals surface area contributed by atoms with Crippen molar-refractivity contribution in [1.29, 1.82) is 0 Å². The van der Waals surface area contributed by atoms with E-state index in [9.17, 15) is 0 Å². The van der Waals surface area contributed by atoms with Crippen molar-refractivity contribution in [2.24, 2.45) is 0 Å². The SMILES string of the molecule is C1=Cc2ccc3ccc(-c4ccc(-c5nc6c(nc7ccccn76)c6ccccc56)cc4)c4c3c2C(=CC4)C1. The molecule has 0 spiro atoms. The molecule has 3 heterocycles. The Morgan fingerprint density at radius 3 is 2.44 bits per heavy atom. The molecule has 9 rings (SSSR count). The lowest BCUT2D eigenvalue weighted by Crippen LogP contribution is -2.04. The Kier molecular flexibility index (Phi) is 4.17. The zero-order valence-electron chi connectivity index (χ0n) is 21.2. The van der Waals surface area contributed by atoms with E-state index >= 15 is 0 Å². The molecule has 0 fully saturated rings. The minimum absolute atomic E-state index is 0.892. The topological polar surface area (TPSA) is 30.2 Å². The Bertz CT molecular complexity index is 2210. The van der Waals surface area contributed by atoms with Crippen molar-refractivity contribution in [1.82, 2.24) is 14.4 Å². The number of aromatic nitrogens is 3. The number of imidazole rings is 1. The van der Waals surface area contributed by atoms with Crippen LogP contribution in [0.15, 0.2) is 109 Å². The number of hydrogen-bond donors (Lipinski definition) is 0. The van der Waals surface area contributed by atoms with E-state index in [1.807, 2.05) is 24.4 Å². The fraction of sp³-hybridized carbons (Fsp3) is 0.0556. The molecule has 7 aromatic rings. The predicted molar refractivity (Wildman–Crippen MR) is 162 cm³/mol. The third kappa shape index (κ3) is 2.93. The maximum absolute atomic E-state index is 5.18. The van der Waals surface area contributed by atoms with Gasteiger partial charge in [0.1, 0.15) is 11.2 Å². The largest absolute Gasteiger partial charge is 0.284 e. The maximum Gasteiger partial charge on any atom is 0.165 e. The zero-order chi connectivity index (χ0) is 25.5. The van der Waals surface area contributed by atoms with Gasteiger partial charge in [0, 0.05) is 22.5 Å². The van der Waals surface area contributed by atoms with E-state index in [0.717, 1.165) is 51.7 Å². The average molecular weight is 498 g/mol. The molecule has 3 nitrogen and oxygen atoms in total. The Labute approximate surface area is 225 Å². The summed E-state index contributed by atoms with van der Waals surface area (Å²) < 4.78 is 2.08. The lowest BCUT2D eigenvalue weighted by molar-refractivity contribution is 1.19. The maximum atomic E-state index is 5.18. The van der Waals surface area contributed by atoms with Crippen LogP contribution in [-0.2, 0) is 6.42 Å². The molecule has 182 valence electrons. The van der Waals surface area contributed by atoms with Crippen molar-refractivity contribution in [3.63, 3.8) is 0 Å². The molecule has 0 unspecified atom stereocenters. The average Bonchev–Trinajstić information content (AvgIpc) is 3.38. The van der Waals surface area contributed by atoms with Crippen LogP contribution in [0.25, 0.3) is 72.4 Å². The monoisotopic (exact) mass is 497 g/mol. The number of hydrogen-bond acceptors (Lipinski definition) is 2. The van der Waals surface area contributed by atoms with Gasteiger partial charge in [-0.25, -0.2) is 9.97 Å². The van der Waals surface area contributed by atoms with Crippen LogP contribution < -0.4 is 0 Å². The van der Waals surface area contributed by atoms with Crippen LogP contribution in [0.2, 0.25) is 0 Å². The molecular formula is C36H23N3. The van der Waals surface area contributed by atoms with Gasteiger partial charge in [0.05, 0.1) is 5.69 Å². The molecule has 0 saturated heterocycles. The Hall–Kier alpha value is -5.02. The summed E-state index contributed by atoms with van der Waals surface area (Å²) in [5.41, 5.74) is 13.1. The van der Waals surface area contributed by atoms with E-state index in [1.54, 1.807) is 0 Å². The normalized spacial score (nSPS) is 14.0. The number of rotatable bonds is 2. The number of pyridine rings is 2. The van der Waals surface area contributed by atoms with E-state index < -0.39 is 0 Å². The second-order valence-corrected chi connectivity index (χ2v) is 10.6. The molecule has 2 aliphatic rings. The fourth-order valence-corrected chi connectivity index (χ4v) is 6.66. The third-order valence-electron chi connectivity index (χ3n) is 8.46. The van der Waals surface area contributed by atoms with E-state index in [2.05, 4.69) is 95.4 Å². The summed E-state index contributed by atoms with van der Waals surface area (Å²) in [4.78, 5) is 10.1. The lowest BCUT2D eigenvalue weighted by Gasteiger charge is -2.25. The van der Waals surface area contributed by atoms with Crippen molar-refractivity contribution >= 4 is 50.0 Å². The van der Waals surface area contributed by atoms with Crippen LogP contribution in [-0.4, -0.2) is 14.4 Å². The highest BCUT2D eigenvalue weighted by Gasteiger charge is 2.22. The van der Waals surface area contributed by atoms with Gasteiger partial charge in [-0.1, -0.05) is 97.1 Å². The molecule has 0 atom stereocenters. The summed E-state index contributed by atoms with van der Waals surface area (Å²) in [6.45, 7) is 0. The zero-order valence-corrected chi connectivity index (χ0v) is 21.2. The third-order valence-corrected chi connectivity index (χ3v) is 8.46. The van der Waals surface area contributed by atoms with Gasteiger partial charge < -0.3 is 0 Å². The molecule has 3 aromatic heterocycles. The molecule has 0 radical (unpaired) electrons. The van der Waals surface area contributed by atoms with Crippen LogP contribution in [0, 0.1) is 0 Å². The number of nitrogens with zero attached hydrogens (tertiary/aromatic N) is 3. The van der Waals surface area contributed by atoms with E-state index in [1.165, 1.54) is 44.2 Å². The Balaban J connectivity index is 1.22. The second-order valence-electron chi connectivity index (χ2n) is 10.6. The van der Waals surface area contributed by atoms with Gasteiger partial charge in [0.2, 0.25) is 0 Å². The molecule has 39 heavy (non-hydrogen) atoms. The summed E-state index contributed by atoms with van der Waals surface area (Å²) in [5, 5.41) is 5.02. The highest BCUT2D eigenvalue weighted by atomic mass is 15.1. The van der Waals surface area contributed by atoms with Gasteiger partial charge in [0.25, 0.3) is 0 Å². The molecule has 4 aromatic carbocycles. The van der Waals surface area contributed by atoms with Crippen molar-refractivity contribution in [2.75, 3.05) is 0 Å². The number of benzene rings is 4. The lowest BCUT2D eigenvalue weighted by atomic mass is 9.79. The molecule has 0 N–H and O–H groups in total. The smallest absolute Gasteiger partial charge is 0.165 e. The van der Waals surface area contributed by atoms with E-state index in [0.29, 0.717) is 0 Å². The van der Waals surface area contributed by atoms with Crippen LogP contribution in [0.1, 0.15) is 23.1 Å². The first-order valence-electron chi connectivity index (χ1n) is 13.5. The van der Waals surface area contributed by atoms with Crippen LogP contribution in [0.4, 0.5) is 0 Å². The van der Waals surface area contributed by atoms with Gasteiger partial charge >= 0.3 is 0 Å². The molecule has 0 bridgehead atoms. The highest BCUT2D eigenvalue weighted by Crippen LogP contribution is 2.43. The summed E-state index contributed by atoms with van der Waals surface area (Å²) >= 11 is 0. The fourth-order valence-electron chi connectivity index (χ4n) is 6.66. The molecule has 2 aliphatic carbocycles. The van der Waals surface area contributed by atoms with Gasteiger partial charge in [-0.3, -0.25) is 4.40 Å². The van der Waals surface area contributed by atoms with E-state index in [4.69, 9.17) is 9.97 Å². The van der Waals surface area contributed by atoms with E-state index in [-0.39, 0.29) is 0 Å². The van der Waals surface area contributed by atoms with Crippen LogP contribution >= 0.6 is 0 Å². The van der Waals surface area contributed by atoms with Gasteiger partial charge in [-0.15, -0.1) is 0 Å². The van der Waals surface area contributed by atoms with Gasteiger partial charge in [-0.05, 0) is 69.1 Å². The quantitative estimate of drug-likeness (QED) is 0.239. The van der Waals surface area contributed by atoms with Crippen molar-refractivity contribution < 1.29 is 0 Å². The molecular weight excluding hydrogens is 474 g/mol. The molecule has 0 amide bonds. The Morgan fingerprint density at radius 2 is 1.51 bits per heavy atom. The first kappa shape index (κ1) is 21.0. The molecule has 0 aliphatic heterocycles. The van der Waals surface area contributed by atoms with Crippen molar-refractivity contribution in [2.45, 2.75) is 12.8 Å². The standard InChI is InChI=1S/C36H23N3/c1-2-9-30-29(8-1)34(38-36-35(30)37-31-10-3-4-21-39(31)36)26-15-11-22(12-16-26)27-19-17-25-14-13-23-6-5-7-24-18-20-28(27)33(25)32(23)24/h1-6,8-19,21H,7,20H2. The predicted octanol–water partition coefficient (Wildman–Crippen LogP) is 8.88. The number of allylic oxidation sites excluding steroid dienone is 3. The van der Waals surface area contributed by atoms with Gasteiger partial charge in [-0.2, -0.15) is 0 Å². The number of fused-ring (bicyclic) bond motifs is 5. The molecule has 0 saturated carbocycles. The van der Waals surface area contributed by atoms with Crippen molar-refractivity contribution in [3.05, 3.63) is 126 Å². The Morgan fingerprint density at radius 1 is 0.692 bits per heavy atom. The highest BCUT2D eigenvalue weighted by molar-refractivity contribution is 6.10. The summed E-state index contributed by atoms with van der Waals surface area (Å²) in [5.74, 6) is 0. The van der Waals surface area contributed by atoms with Crippen molar-refractivity contribution in [3.8, 4) is 22.4 Å². The summed E-state index contributed by atoms with van der Waals surface area (Å²) in [6, 6.07) is 32.7. The first-order chi connectivity index (χ1) is 19.3. The minimum Gasteiger partial charge on any atom is -0.284 e. The van der Waals surface area contributed by atoms with Crippen LogP contribution in [0.3, 0.4) is 0 Å². The summed E-state index contributed by atoms with van der Waals surface area (Å²) in [6.07, 6.45) is 11.0.